The van der Waals surface area contributed by atoms with Crippen molar-refractivity contribution < 1.29 is 19.1 Å². The highest BCUT2D eigenvalue weighted by Crippen LogP contribution is 2.34. The quantitative estimate of drug-likeness (QED) is 0.830. The van der Waals surface area contributed by atoms with Gasteiger partial charge in [0.2, 0.25) is 11.8 Å². The molecule has 2 heterocycles. The molecule has 1 N–H and O–H groups in total. The Morgan fingerprint density at radius 2 is 2.10 bits per heavy atom. The predicted molar refractivity (Wildman–Crippen MR) is 74.0 cm³/mol. The van der Waals surface area contributed by atoms with Crippen LogP contribution >= 0.6 is 11.6 Å². The van der Waals surface area contributed by atoms with Gasteiger partial charge in [-0.15, -0.1) is 0 Å². The first-order valence-corrected chi connectivity index (χ1v) is 6.90. The van der Waals surface area contributed by atoms with Crippen molar-refractivity contribution in [3.63, 3.8) is 0 Å². The number of piperidine rings is 1. The lowest BCUT2D eigenvalue weighted by Crippen LogP contribution is -2.52. The van der Waals surface area contributed by atoms with Crippen LogP contribution in [0.25, 0.3) is 0 Å². The fraction of sp³-hybridized carbons (Fsp3) is 0.357. The maximum Gasteiger partial charge on any atom is 0.255 e. The van der Waals surface area contributed by atoms with E-state index in [1.165, 1.54) is 12.0 Å². The molecule has 0 bridgehead atoms. The summed E-state index contributed by atoms with van der Waals surface area (Å²) in [4.78, 5) is 37.0. The van der Waals surface area contributed by atoms with Crippen LogP contribution in [0.15, 0.2) is 12.1 Å². The summed E-state index contributed by atoms with van der Waals surface area (Å²) >= 11 is 6.03. The molecule has 0 spiro atoms. The van der Waals surface area contributed by atoms with E-state index in [0.29, 0.717) is 29.3 Å². The molecule has 1 aromatic rings. The second-order valence-electron chi connectivity index (χ2n) is 5.04. The number of rotatable bonds is 2. The molecular formula is C14H13ClN2O4. The number of benzene rings is 1. The molecule has 3 rings (SSSR count). The summed E-state index contributed by atoms with van der Waals surface area (Å²) in [6.45, 7) is 0.313. The lowest BCUT2D eigenvalue weighted by Gasteiger charge is -2.29. The second-order valence-corrected chi connectivity index (χ2v) is 5.45. The van der Waals surface area contributed by atoms with E-state index >= 15 is 0 Å². The molecule has 2 aliphatic rings. The average Bonchev–Trinajstić information content (AvgIpc) is 2.75. The Kier molecular flexibility index (Phi) is 3.33. The topological polar surface area (TPSA) is 75.7 Å². The zero-order valence-corrected chi connectivity index (χ0v) is 12.1. The standard InChI is InChI=1S/C14H13ClN2O4/c1-21-11-4-7-6-17(14(20)8(7)5-9(11)15)10-2-3-12(18)16-13(10)19/h4-5,10H,2-3,6H2,1H3,(H,16,18,19). The van der Waals surface area contributed by atoms with E-state index in [9.17, 15) is 14.4 Å². The Morgan fingerprint density at radius 3 is 2.76 bits per heavy atom. The van der Waals surface area contributed by atoms with Crippen molar-refractivity contribution in [3.05, 3.63) is 28.3 Å². The van der Waals surface area contributed by atoms with Crippen LogP contribution in [0, 0.1) is 0 Å². The van der Waals surface area contributed by atoms with Gasteiger partial charge in [0.25, 0.3) is 5.91 Å². The van der Waals surface area contributed by atoms with Gasteiger partial charge in [0.1, 0.15) is 11.8 Å². The first-order chi connectivity index (χ1) is 10.0. The van der Waals surface area contributed by atoms with Gasteiger partial charge in [-0.2, -0.15) is 0 Å². The molecular weight excluding hydrogens is 296 g/mol. The van der Waals surface area contributed by atoms with E-state index in [1.54, 1.807) is 12.1 Å². The lowest BCUT2D eigenvalue weighted by atomic mass is 10.0. The van der Waals surface area contributed by atoms with Crippen molar-refractivity contribution >= 4 is 29.3 Å². The number of ether oxygens (including phenoxy) is 1. The molecule has 0 aromatic heterocycles. The van der Waals surface area contributed by atoms with E-state index in [2.05, 4.69) is 5.32 Å². The molecule has 110 valence electrons. The number of halogens is 1. The summed E-state index contributed by atoms with van der Waals surface area (Å²) in [6.07, 6.45) is 0.579. The minimum atomic E-state index is -0.618. The summed E-state index contributed by atoms with van der Waals surface area (Å²) in [5.41, 5.74) is 1.25. The molecule has 1 aromatic carbocycles. The molecule has 2 aliphatic heterocycles. The van der Waals surface area contributed by atoms with Gasteiger partial charge in [0.05, 0.1) is 12.1 Å². The molecule has 21 heavy (non-hydrogen) atoms. The number of carbonyl (C=O) groups excluding carboxylic acids is 3. The van der Waals surface area contributed by atoms with Crippen LogP contribution < -0.4 is 10.1 Å². The van der Waals surface area contributed by atoms with Crippen LogP contribution in [0.2, 0.25) is 5.02 Å². The normalized spacial score (nSPS) is 21.3. The van der Waals surface area contributed by atoms with Crippen molar-refractivity contribution in [2.75, 3.05) is 7.11 Å². The number of imide groups is 1. The molecule has 6 nitrogen and oxygen atoms in total. The van der Waals surface area contributed by atoms with Gasteiger partial charge < -0.3 is 9.64 Å². The van der Waals surface area contributed by atoms with Crippen LogP contribution in [0.4, 0.5) is 0 Å². The van der Waals surface area contributed by atoms with Crippen molar-refractivity contribution in [3.8, 4) is 5.75 Å². The van der Waals surface area contributed by atoms with Crippen molar-refractivity contribution in [1.82, 2.24) is 10.2 Å². The zero-order valence-electron chi connectivity index (χ0n) is 11.3. The minimum Gasteiger partial charge on any atom is -0.495 e. The van der Waals surface area contributed by atoms with Crippen LogP contribution in [-0.2, 0) is 16.1 Å². The highest BCUT2D eigenvalue weighted by Gasteiger charge is 2.39. The fourth-order valence-electron chi connectivity index (χ4n) is 2.72. The monoisotopic (exact) mass is 308 g/mol. The lowest BCUT2D eigenvalue weighted by molar-refractivity contribution is -0.136. The van der Waals surface area contributed by atoms with Gasteiger partial charge in [-0.3, -0.25) is 19.7 Å². The van der Waals surface area contributed by atoms with E-state index in [-0.39, 0.29) is 18.2 Å². The van der Waals surface area contributed by atoms with E-state index in [4.69, 9.17) is 16.3 Å². The van der Waals surface area contributed by atoms with Gasteiger partial charge in [-0.25, -0.2) is 0 Å². The van der Waals surface area contributed by atoms with Gasteiger partial charge >= 0.3 is 0 Å². The summed E-state index contributed by atoms with van der Waals surface area (Å²) in [5, 5.41) is 2.62. The molecule has 1 atom stereocenters. The highest BCUT2D eigenvalue weighted by atomic mass is 35.5. The first kappa shape index (κ1) is 13.9. The van der Waals surface area contributed by atoms with Gasteiger partial charge in [0.15, 0.2) is 0 Å². The summed E-state index contributed by atoms with van der Waals surface area (Å²) < 4.78 is 5.14. The number of methoxy groups -OCH3 is 1. The maximum atomic E-state index is 12.4. The Hall–Kier alpha value is -2.08. The van der Waals surface area contributed by atoms with Gasteiger partial charge in [-0.1, -0.05) is 11.6 Å². The largest absolute Gasteiger partial charge is 0.495 e. The van der Waals surface area contributed by atoms with Gasteiger partial charge in [-0.05, 0) is 24.1 Å². The molecule has 7 heteroatoms. The highest BCUT2D eigenvalue weighted by molar-refractivity contribution is 6.32. The number of hydrogen-bond acceptors (Lipinski definition) is 4. The molecule has 1 unspecified atom stereocenters. The third kappa shape index (κ3) is 2.25. The Balaban J connectivity index is 1.90. The van der Waals surface area contributed by atoms with Crippen molar-refractivity contribution in [2.45, 2.75) is 25.4 Å². The third-order valence-electron chi connectivity index (χ3n) is 3.80. The fourth-order valence-corrected chi connectivity index (χ4v) is 2.96. The summed E-state index contributed by atoms with van der Waals surface area (Å²) in [6, 6.07) is 2.65. The Bertz CT molecular complexity index is 659. The maximum absolute atomic E-state index is 12.4. The van der Waals surface area contributed by atoms with E-state index < -0.39 is 11.9 Å². The van der Waals surface area contributed by atoms with Crippen LogP contribution in [0.5, 0.6) is 5.75 Å². The van der Waals surface area contributed by atoms with Crippen molar-refractivity contribution in [1.29, 1.82) is 0 Å². The Morgan fingerprint density at radius 1 is 1.33 bits per heavy atom. The SMILES string of the molecule is COc1cc2c(cc1Cl)C(=O)N(C1CCC(=O)NC1=O)C2. The smallest absolute Gasteiger partial charge is 0.255 e. The number of carbonyl (C=O) groups is 3. The van der Waals surface area contributed by atoms with Crippen molar-refractivity contribution in [2.24, 2.45) is 0 Å². The van der Waals surface area contributed by atoms with Crippen LogP contribution in [0.1, 0.15) is 28.8 Å². The molecule has 1 saturated heterocycles. The number of amides is 3. The Labute approximate surface area is 126 Å². The third-order valence-corrected chi connectivity index (χ3v) is 4.09. The van der Waals surface area contributed by atoms with Crippen LogP contribution in [-0.4, -0.2) is 35.8 Å². The first-order valence-electron chi connectivity index (χ1n) is 6.52. The van der Waals surface area contributed by atoms with E-state index in [0.717, 1.165) is 5.56 Å². The second kappa shape index (κ2) is 5.04. The molecule has 1 fully saturated rings. The molecule has 0 aliphatic carbocycles. The number of fused-ring (bicyclic) bond motifs is 1. The molecule has 0 radical (unpaired) electrons. The number of nitrogens with one attached hydrogen (secondary N) is 1. The summed E-state index contributed by atoms with van der Waals surface area (Å²) in [5.74, 6) is -0.479. The number of hydrogen-bond donors (Lipinski definition) is 1. The molecule has 0 saturated carbocycles. The average molecular weight is 309 g/mol. The van der Waals surface area contributed by atoms with Crippen LogP contribution in [0.3, 0.4) is 0 Å². The zero-order chi connectivity index (χ0) is 15.1. The van der Waals surface area contributed by atoms with Gasteiger partial charge in [0, 0.05) is 18.5 Å². The van der Waals surface area contributed by atoms with E-state index in [1.807, 2.05) is 0 Å². The minimum absolute atomic E-state index is 0.237. The number of nitrogens with zero attached hydrogens (tertiary/aromatic N) is 1. The molecule has 3 amide bonds. The summed E-state index contributed by atoms with van der Waals surface area (Å²) in [7, 11) is 1.50. The predicted octanol–water partition coefficient (Wildman–Crippen LogP) is 1.11.